The summed E-state index contributed by atoms with van der Waals surface area (Å²) in [5.74, 6) is 0. The second-order valence-corrected chi connectivity index (χ2v) is 8.74. The summed E-state index contributed by atoms with van der Waals surface area (Å²) in [6, 6.07) is 41.6. The van der Waals surface area contributed by atoms with Crippen molar-refractivity contribution < 1.29 is 0 Å². The Morgan fingerprint density at radius 3 is 1.44 bits per heavy atom. The molecule has 1 nitrogen and oxygen atoms in total. The van der Waals surface area contributed by atoms with Gasteiger partial charge < -0.3 is 5.73 Å². The molecule has 0 saturated heterocycles. The topological polar surface area (TPSA) is 26.0 Å². The van der Waals surface area contributed by atoms with E-state index in [0.29, 0.717) is 0 Å². The van der Waals surface area contributed by atoms with Crippen LogP contribution in [0.15, 0.2) is 115 Å². The highest BCUT2D eigenvalue weighted by Gasteiger charge is 2.51. The first-order valence-electron chi connectivity index (χ1n) is 11.1. The van der Waals surface area contributed by atoms with Crippen molar-refractivity contribution in [3.63, 3.8) is 0 Å². The van der Waals surface area contributed by atoms with Crippen LogP contribution >= 0.6 is 0 Å². The molecule has 0 unspecified atom stereocenters. The van der Waals surface area contributed by atoms with Crippen molar-refractivity contribution in [2.45, 2.75) is 5.41 Å². The van der Waals surface area contributed by atoms with E-state index in [1.807, 2.05) is 6.07 Å². The quantitative estimate of drug-likeness (QED) is 0.284. The number of hydrogen-bond acceptors (Lipinski definition) is 1. The lowest BCUT2D eigenvalue weighted by Gasteiger charge is -2.30. The van der Waals surface area contributed by atoms with E-state index in [0.717, 1.165) is 16.8 Å². The van der Waals surface area contributed by atoms with Crippen molar-refractivity contribution in [3.8, 4) is 33.4 Å². The van der Waals surface area contributed by atoms with Gasteiger partial charge in [0.15, 0.2) is 0 Å². The van der Waals surface area contributed by atoms with E-state index in [9.17, 15) is 0 Å². The van der Waals surface area contributed by atoms with Crippen LogP contribution in [-0.2, 0) is 5.41 Å². The van der Waals surface area contributed by atoms with Crippen molar-refractivity contribution >= 4 is 5.69 Å². The number of rotatable bonds is 1. The Kier molecular flexibility index (Phi) is 3.41. The standard InChI is InChI=1S/C31H21N/c32-30-19-29-25(18-24(30)20-10-2-1-3-11-20)23-14-6-9-17-28(23)31(29)26-15-7-4-12-21(26)22-13-5-8-16-27(22)31/h1-19H,32H2. The number of nitrogen functional groups attached to an aromatic ring is 1. The molecule has 0 saturated carbocycles. The van der Waals surface area contributed by atoms with Gasteiger partial charge in [-0.2, -0.15) is 0 Å². The molecule has 2 aliphatic rings. The van der Waals surface area contributed by atoms with Gasteiger partial charge in [-0.25, -0.2) is 0 Å². The van der Waals surface area contributed by atoms with Crippen LogP contribution in [0.5, 0.6) is 0 Å². The minimum atomic E-state index is -0.331. The van der Waals surface area contributed by atoms with Gasteiger partial charge in [-0.05, 0) is 62.2 Å². The average molecular weight is 408 g/mol. The van der Waals surface area contributed by atoms with Gasteiger partial charge in [-0.1, -0.05) is 103 Å². The lowest BCUT2D eigenvalue weighted by atomic mass is 9.70. The molecule has 0 fully saturated rings. The van der Waals surface area contributed by atoms with Crippen molar-refractivity contribution in [1.29, 1.82) is 0 Å². The highest BCUT2D eigenvalue weighted by molar-refractivity contribution is 5.97. The van der Waals surface area contributed by atoms with E-state index >= 15 is 0 Å². The monoisotopic (exact) mass is 407 g/mol. The van der Waals surface area contributed by atoms with E-state index in [1.165, 1.54) is 44.5 Å². The smallest absolute Gasteiger partial charge is 0.0726 e. The molecule has 0 aliphatic heterocycles. The van der Waals surface area contributed by atoms with Crippen molar-refractivity contribution in [1.82, 2.24) is 0 Å². The average Bonchev–Trinajstić information content (AvgIpc) is 3.31. The SMILES string of the molecule is Nc1cc2c(cc1-c1ccccc1)-c1ccccc1C21c2ccccc2-c2ccccc21. The van der Waals surface area contributed by atoms with Gasteiger partial charge in [-0.3, -0.25) is 0 Å². The molecule has 1 spiro atoms. The second kappa shape index (κ2) is 6.21. The van der Waals surface area contributed by atoms with Crippen LogP contribution < -0.4 is 5.73 Å². The minimum absolute atomic E-state index is 0.331. The molecule has 150 valence electrons. The Labute approximate surface area is 187 Å². The third-order valence-electron chi connectivity index (χ3n) is 7.25. The molecule has 32 heavy (non-hydrogen) atoms. The molecular formula is C31H21N. The Hall–Kier alpha value is -4.10. The zero-order valence-electron chi connectivity index (χ0n) is 17.5. The van der Waals surface area contributed by atoms with Crippen LogP contribution in [0.4, 0.5) is 5.69 Å². The first kappa shape index (κ1) is 17.6. The Bertz CT molecular complexity index is 1480. The van der Waals surface area contributed by atoms with Gasteiger partial charge in [0, 0.05) is 11.3 Å². The third kappa shape index (κ3) is 2.03. The highest BCUT2D eigenvalue weighted by Crippen LogP contribution is 2.63. The maximum Gasteiger partial charge on any atom is 0.0726 e. The summed E-state index contributed by atoms with van der Waals surface area (Å²) in [5, 5.41) is 0. The predicted octanol–water partition coefficient (Wildman–Crippen LogP) is 7.28. The second-order valence-electron chi connectivity index (χ2n) is 8.74. The molecule has 0 amide bonds. The van der Waals surface area contributed by atoms with E-state index in [1.54, 1.807) is 0 Å². The van der Waals surface area contributed by atoms with E-state index in [2.05, 4.69) is 109 Å². The summed E-state index contributed by atoms with van der Waals surface area (Å²) in [4.78, 5) is 0. The molecule has 0 aromatic heterocycles. The molecule has 0 atom stereocenters. The first-order valence-corrected chi connectivity index (χ1v) is 11.1. The summed E-state index contributed by atoms with van der Waals surface area (Å²) in [7, 11) is 0. The molecule has 0 bridgehead atoms. The van der Waals surface area contributed by atoms with E-state index < -0.39 is 0 Å². The summed E-state index contributed by atoms with van der Waals surface area (Å²) in [6.07, 6.45) is 0. The Morgan fingerprint density at radius 2 is 0.875 bits per heavy atom. The molecule has 0 radical (unpaired) electrons. The van der Waals surface area contributed by atoms with Gasteiger partial charge in [0.1, 0.15) is 0 Å². The van der Waals surface area contributed by atoms with Crippen LogP contribution in [-0.4, -0.2) is 0 Å². The van der Waals surface area contributed by atoms with E-state index in [-0.39, 0.29) is 5.41 Å². The fraction of sp³-hybridized carbons (Fsp3) is 0.0323. The van der Waals surface area contributed by atoms with Crippen LogP contribution in [0.1, 0.15) is 22.3 Å². The largest absolute Gasteiger partial charge is 0.398 e. The predicted molar refractivity (Wildman–Crippen MR) is 133 cm³/mol. The summed E-state index contributed by atoms with van der Waals surface area (Å²) < 4.78 is 0. The molecular weight excluding hydrogens is 386 g/mol. The van der Waals surface area contributed by atoms with Crippen LogP contribution in [0.3, 0.4) is 0 Å². The maximum absolute atomic E-state index is 6.75. The summed E-state index contributed by atoms with van der Waals surface area (Å²) in [5.41, 5.74) is 20.0. The number of anilines is 1. The number of hydrogen-bond donors (Lipinski definition) is 1. The number of fused-ring (bicyclic) bond motifs is 10. The third-order valence-corrected chi connectivity index (χ3v) is 7.25. The van der Waals surface area contributed by atoms with Crippen LogP contribution in [0.2, 0.25) is 0 Å². The fourth-order valence-electron chi connectivity index (χ4n) is 6.02. The first-order chi connectivity index (χ1) is 15.8. The van der Waals surface area contributed by atoms with Gasteiger partial charge in [0.2, 0.25) is 0 Å². The highest BCUT2D eigenvalue weighted by atomic mass is 14.6. The normalized spacial score (nSPS) is 14.0. The molecule has 5 aromatic rings. The van der Waals surface area contributed by atoms with Gasteiger partial charge in [-0.15, -0.1) is 0 Å². The summed E-state index contributed by atoms with van der Waals surface area (Å²) >= 11 is 0. The molecule has 5 aromatic carbocycles. The fourth-order valence-corrected chi connectivity index (χ4v) is 6.02. The molecule has 0 heterocycles. The van der Waals surface area contributed by atoms with Gasteiger partial charge in [0.05, 0.1) is 5.41 Å². The van der Waals surface area contributed by atoms with Crippen molar-refractivity contribution in [2.24, 2.45) is 0 Å². The van der Waals surface area contributed by atoms with Gasteiger partial charge in [0.25, 0.3) is 0 Å². The zero-order valence-corrected chi connectivity index (χ0v) is 17.5. The van der Waals surface area contributed by atoms with Crippen LogP contribution in [0.25, 0.3) is 33.4 Å². The summed E-state index contributed by atoms with van der Waals surface area (Å²) in [6.45, 7) is 0. The lowest BCUT2D eigenvalue weighted by molar-refractivity contribution is 0.794. The van der Waals surface area contributed by atoms with Crippen molar-refractivity contribution in [3.05, 3.63) is 138 Å². The van der Waals surface area contributed by atoms with Crippen LogP contribution in [0, 0.1) is 0 Å². The maximum atomic E-state index is 6.75. The molecule has 2 aliphatic carbocycles. The zero-order chi connectivity index (χ0) is 21.3. The number of benzene rings is 5. The van der Waals surface area contributed by atoms with Crippen molar-refractivity contribution in [2.75, 3.05) is 5.73 Å². The lowest BCUT2D eigenvalue weighted by Crippen LogP contribution is -2.26. The Balaban J connectivity index is 1.64. The Morgan fingerprint density at radius 1 is 0.406 bits per heavy atom. The molecule has 2 N–H and O–H groups in total. The molecule has 1 heteroatoms. The van der Waals surface area contributed by atoms with Gasteiger partial charge >= 0.3 is 0 Å². The minimum Gasteiger partial charge on any atom is -0.398 e. The van der Waals surface area contributed by atoms with E-state index in [4.69, 9.17) is 5.73 Å². The number of nitrogens with two attached hydrogens (primary N) is 1. The molecule has 7 rings (SSSR count).